The number of hydrogen-bond acceptors (Lipinski definition) is 5. The number of rotatable bonds is 6. The lowest BCUT2D eigenvalue weighted by Gasteiger charge is -2.39. The zero-order valence-electron chi connectivity index (χ0n) is 16.5. The lowest BCUT2D eigenvalue weighted by Crippen LogP contribution is -2.45. The van der Waals surface area contributed by atoms with Gasteiger partial charge in [0.1, 0.15) is 0 Å². The fourth-order valence-electron chi connectivity index (χ4n) is 3.90. The molecule has 27 heavy (non-hydrogen) atoms. The van der Waals surface area contributed by atoms with Crippen molar-refractivity contribution < 1.29 is 23.9 Å². The van der Waals surface area contributed by atoms with Gasteiger partial charge in [0.2, 0.25) is 5.91 Å². The van der Waals surface area contributed by atoms with Crippen LogP contribution in [-0.2, 0) is 19.1 Å². The first-order valence-electron chi connectivity index (χ1n) is 9.87. The fraction of sp³-hybridized carbons (Fsp3) is 0.789. The predicted octanol–water partition coefficient (Wildman–Crippen LogP) is 1.44. The SMILES string of the molecule is CCCNC(=O)NC(=O)COC(=O)[C@@H]1CC(=O)N([C@@H]2CCC[C@H](C)[C@@H]2C)C1. The van der Waals surface area contributed by atoms with Crippen molar-refractivity contribution in [3.63, 3.8) is 0 Å². The van der Waals surface area contributed by atoms with Crippen LogP contribution in [0.1, 0.15) is 52.9 Å². The summed E-state index contributed by atoms with van der Waals surface area (Å²) in [5.74, 6) is -0.857. The Labute approximate surface area is 160 Å². The highest BCUT2D eigenvalue weighted by atomic mass is 16.5. The predicted molar refractivity (Wildman–Crippen MR) is 98.6 cm³/mol. The van der Waals surface area contributed by atoms with Crippen molar-refractivity contribution in [3.05, 3.63) is 0 Å². The molecule has 0 bridgehead atoms. The van der Waals surface area contributed by atoms with E-state index in [1.807, 2.05) is 11.8 Å². The van der Waals surface area contributed by atoms with Crippen molar-refractivity contribution in [2.75, 3.05) is 19.7 Å². The molecule has 0 aromatic carbocycles. The third-order valence-corrected chi connectivity index (χ3v) is 5.69. The zero-order chi connectivity index (χ0) is 20.0. The standard InChI is InChI=1S/C19H31N3O5/c1-4-8-20-19(26)21-16(23)11-27-18(25)14-9-17(24)22(10-14)15-7-5-6-12(2)13(15)3/h12-15H,4-11H2,1-3H3,(H2,20,21,23,26)/t12-,13-,14+,15+/m0/s1. The van der Waals surface area contributed by atoms with Crippen molar-refractivity contribution in [1.29, 1.82) is 0 Å². The van der Waals surface area contributed by atoms with Crippen LogP contribution in [0.5, 0.6) is 0 Å². The summed E-state index contributed by atoms with van der Waals surface area (Å²) in [7, 11) is 0. The minimum atomic E-state index is -0.687. The van der Waals surface area contributed by atoms with E-state index in [1.165, 1.54) is 6.42 Å². The van der Waals surface area contributed by atoms with E-state index < -0.39 is 30.4 Å². The highest BCUT2D eigenvalue weighted by molar-refractivity contribution is 5.96. The first-order valence-corrected chi connectivity index (χ1v) is 9.87. The number of nitrogens with zero attached hydrogens (tertiary/aromatic N) is 1. The quantitative estimate of drug-likeness (QED) is 0.678. The number of amides is 4. The highest BCUT2D eigenvalue weighted by Crippen LogP contribution is 2.35. The second-order valence-electron chi connectivity index (χ2n) is 7.69. The van der Waals surface area contributed by atoms with Gasteiger partial charge in [0.15, 0.2) is 6.61 Å². The third-order valence-electron chi connectivity index (χ3n) is 5.69. The molecule has 0 aromatic heterocycles. The molecule has 4 amide bonds. The maximum Gasteiger partial charge on any atom is 0.321 e. The van der Waals surface area contributed by atoms with Crippen LogP contribution in [0.4, 0.5) is 4.79 Å². The summed E-state index contributed by atoms with van der Waals surface area (Å²) in [6.45, 7) is 6.54. The van der Waals surface area contributed by atoms with Crippen LogP contribution in [0.3, 0.4) is 0 Å². The molecular weight excluding hydrogens is 350 g/mol. The molecule has 4 atom stereocenters. The number of carbonyl (C=O) groups is 4. The van der Waals surface area contributed by atoms with Crippen molar-refractivity contribution in [2.24, 2.45) is 17.8 Å². The fourth-order valence-corrected chi connectivity index (χ4v) is 3.90. The molecule has 0 unspecified atom stereocenters. The smallest absolute Gasteiger partial charge is 0.321 e. The van der Waals surface area contributed by atoms with Gasteiger partial charge in [-0.25, -0.2) is 4.79 Å². The molecular formula is C19H31N3O5. The molecule has 152 valence electrons. The molecule has 1 saturated heterocycles. The number of hydrogen-bond donors (Lipinski definition) is 2. The van der Waals surface area contributed by atoms with Crippen molar-refractivity contribution in [3.8, 4) is 0 Å². The Morgan fingerprint density at radius 3 is 2.67 bits per heavy atom. The molecule has 2 N–H and O–H groups in total. The molecule has 0 aromatic rings. The molecule has 0 spiro atoms. The number of imide groups is 1. The Morgan fingerprint density at radius 2 is 1.96 bits per heavy atom. The zero-order valence-corrected chi connectivity index (χ0v) is 16.5. The second-order valence-corrected chi connectivity index (χ2v) is 7.69. The minimum absolute atomic E-state index is 0.0219. The summed E-state index contributed by atoms with van der Waals surface area (Å²) in [6, 6.07) is -0.440. The summed E-state index contributed by atoms with van der Waals surface area (Å²) in [5, 5.41) is 4.60. The maximum absolute atomic E-state index is 12.4. The van der Waals surface area contributed by atoms with Gasteiger partial charge in [0.05, 0.1) is 5.92 Å². The summed E-state index contributed by atoms with van der Waals surface area (Å²) in [5.41, 5.74) is 0. The van der Waals surface area contributed by atoms with Gasteiger partial charge in [-0.15, -0.1) is 0 Å². The van der Waals surface area contributed by atoms with Gasteiger partial charge in [0, 0.05) is 25.6 Å². The molecule has 2 rings (SSSR count). The van der Waals surface area contributed by atoms with E-state index in [9.17, 15) is 19.2 Å². The van der Waals surface area contributed by atoms with Gasteiger partial charge in [-0.1, -0.05) is 33.6 Å². The number of carbonyl (C=O) groups excluding carboxylic acids is 4. The molecule has 1 aliphatic heterocycles. The molecule has 8 heteroatoms. The van der Waals surface area contributed by atoms with E-state index >= 15 is 0 Å². The van der Waals surface area contributed by atoms with Gasteiger partial charge in [-0.3, -0.25) is 19.7 Å². The summed E-state index contributed by atoms with van der Waals surface area (Å²) < 4.78 is 5.02. The Balaban J connectivity index is 1.80. The number of ether oxygens (including phenoxy) is 1. The minimum Gasteiger partial charge on any atom is -0.455 e. The van der Waals surface area contributed by atoms with Crippen LogP contribution in [0.15, 0.2) is 0 Å². The summed E-state index contributed by atoms with van der Waals surface area (Å²) in [6.07, 6.45) is 4.10. The van der Waals surface area contributed by atoms with Crippen molar-refractivity contribution in [1.82, 2.24) is 15.5 Å². The van der Waals surface area contributed by atoms with Crippen LogP contribution in [0, 0.1) is 17.8 Å². The second kappa shape index (κ2) is 9.71. The van der Waals surface area contributed by atoms with Crippen LogP contribution < -0.4 is 10.6 Å². The van der Waals surface area contributed by atoms with E-state index in [-0.39, 0.29) is 18.4 Å². The molecule has 1 saturated carbocycles. The molecule has 2 fully saturated rings. The number of urea groups is 1. The highest BCUT2D eigenvalue weighted by Gasteiger charge is 2.42. The van der Waals surface area contributed by atoms with Crippen molar-refractivity contribution in [2.45, 2.75) is 58.9 Å². The van der Waals surface area contributed by atoms with E-state index in [0.29, 0.717) is 24.9 Å². The number of esters is 1. The molecule has 8 nitrogen and oxygen atoms in total. The Morgan fingerprint density at radius 1 is 1.22 bits per heavy atom. The summed E-state index contributed by atoms with van der Waals surface area (Å²) >= 11 is 0. The van der Waals surface area contributed by atoms with Crippen LogP contribution in [-0.4, -0.2) is 54.5 Å². The van der Waals surface area contributed by atoms with Crippen molar-refractivity contribution >= 4 is 23.8 Å². The number of likely N-dealkylation sites (tertiary alicyclic amines) is 1. The molecule has 0 radical (unpaired) electrons. The lowest BCUT2D eigenvalue weighted by molar-refractivity contribution is -0.152. The average Bonchev–Trinajstić information content (AvgIpc) is 3.02. The van der Waals surface area contributed by atoms with E-state index in [0.717, 1.165) is 19.3 Å². The summed E-state index contributed by atoms with van der Waals surface area (Å²) in [4.78, 5) is 49.5. The first-order chi connectivity index (χ1) is 12.8. The maximum atomic E-state index is 12.4. The van der Waals surface area contributed by atoms with Crippen LogP contribution in [0.25, 0.3) is 0 Å². The molecule has 1 heterocycles. The van der Waals surface area contributed by atoms with E-state index in [4.69, 9.17) is 4.74 Å². The molecule has 1 aliphatic carbocycles. The monoisotopic (exact) mass is 381 g/mol. The average molecular weight is 381 g/mol. The lowest BCUT2D eigenvalue weighted by atomic mass is 9.77. The van der Waals surface area contributed by atoms with Gasteiger partial charge in [0.25, 0.3) is 5.91 Å². The topological polar surface area (TPSA) is 105 Å². The Bertz CT molecular complexity index is 580. The van der Waals surface area contributed by atoms with E-state index in [1.54, 1.807) is 0 Å². The van der Waals surface area contributed by atoms with Gasteiger partial charge < -0.3 is 15.0 Å². The largest absolute Gasteiger partial charge is 0.455 e. The van der Waals surface area contributed by atoms with Gasteiger partial charge in [-0.2, -0.15) is 0 Å². The normalized spacial score (nSPS) is 28.0. The van der Waals surface area contributed by atoms with Crippen LogP contribution >= 0.6 is 0 Å². The van der Waals surface area contributed by atoms with Gasteiger partial charge in [-0.05, 0) is 24.7 Å². The van der Waals surface area contributed by atoms with Gasteiger partial charge >= 0.3 is 12.0 Å². The Hall–Kier alpha value is -2.12. The number of nitrogens with one attached hydrogen (secondary N) is 2. The van der Waals surface area contributed by atoms with E-state index in [2.05, 4.69) is 24.5 Å². The molecule has 2 aliphatic rings. The Kier molecular flexibility index (Phi) is 7.62. The van der Waals surface area contributed by atoms with Crippen LogP contribution in [0.2, 0.25) is 0 Å². The first kappa shape index (κ1) is 21.2. The third kappa shape index (κ3) is 5.68.